The average Bonchev–Trinajstić information content (AvgIpc) is 2.50. The molecule has 0 aliphatic heterocycles. The molecule has 0 unspecified atom stereocenters. The van der Waals surface area contributed by atoms with Gasteiger partial charge in [-0.1, -0.05) is 18.2 Å². The first-order valence-corrected chi connectivity index (χ1v) is 7.31. The van der Waals surface area contributed by atoms with E-state index in [2.05, 4.69) is 11.3 Å². The van der Waals surface area contributed by atoms with E-state index in [1.54, 1.807) is 19.1 Å². The lowest BCUT2D eigenvalue weighted by molar-refractivity contribution is -0.139. The summed E-state index contributed by atoms with van der Waals surface area (Å²) in [6, 6.07) is 3.22. The third-order valence-corrected chi connectivity index (χ3v) is 3.66. The van der Waals surface area contributed by atoms with Gasteiger partial charge in [-0.15, -0.1) is 0 Å². The first-order chi connectivity index (χ1) is 10.8. The van der Waals surface area contributed by atoms with Crippen LogP contribution in [0.1, 0.15) is 18.1 Å². The molecule has 5 nitrogen and oxygen atoms in total. The monoisotopic (exact) mass is 336 g/mol. The lowest BCUT2D eigenvalue weighted by Gasteiger charge is -2.11. The number of ether oxygens (including phenoxy) is 2. The van der Waals surface area contributed by atoms with Gasteiger partial charge < -0.3 is 13.9 Å². The smallest absolute Gasteiger partial charge is 0.340 e. The fraction of sp³-hybridized carbons (Fsp3) is 0.294. The van der Waals surface area contributed by atoms with E-state index in [1.165, 1.54) is 7.11 Å². The molecule has 0 aliphatic carbocycles. The Hall–Kier alpha value is -2.27. The van der Waals surface area contributed by atoms with Crippen molar-refractivity contribution in [1.29, 1.82) is 0 Å². The fourth-order valence-electron chi connectivity index (χ4n) is 2.12. The summed E-state index contributed by atoms with van der Waals surface area (Å²) >= 11 is 6.22. The SMILES string of the molecule is C=C(C)COc1cc2oc(=O)c(CC(=O)OC)c(C)c2cc1Cl. The van der Waals surface area contributed by atoms with E-state index >= 15 is 0 Å². The molecular formula is C17H17ClO5. The number of benzene rings is 1. The Morgan fingerprint density at radius 3 is 2.70 bits per heavy atom. The number of carbonyl (C=O) groups is 1. The van der Waals surface area contributed by atoms with Crippen molar-refractivity contribution < 1.29 is 18.7 Å². The van der Waals surface area contributed by atoms with E-state index in [9.17, 15) is 9.59 Å². The number of aryl methyl sites for hydroxylation is 1. The van der Waals surface area contributed by atoms with E-state index in [4.69, 9.17) is 20.8 Å². The van der Waals surface area contributed by atoms with Gasteiger partial charge in [-0.2, -0.15) is 0 Å². The molecule has 6 heteroatoms. The molecule has 23 heavy (non-hydrogen) atoms. The highest BCUT2D eigenvalue weighted by atomic mass is 35.5. The third kappa shape index (κ3) is 3.74. The molecule has 1 aromatic heterocycles. The van der Waals surface area contributed by atoms with Crippen molar-refractivity contribution in [3.8, 4) is 5.75 Å². The molecule has 122 valence electrons. The second kappa shape index (κ2) is 6.87. The Bertz CT molecular complexity index is 835. The van der Waals surface area contributed by atoms with Crippen LogP contribution in [0.4, 0.5) is 0 Å². The van der Waals surface area contributed by atoms with Crippen molar-refractivity contribution in [2.75, 3.05) is 13.7 Å². The summed E-state index contributed by atoms with van der Waals surface area (Å²) < 4.78 is 15.4. The predicted molar refractivity (Wildman–Crippen MR) is 88.3 cm³/mol. The molecule has 0 N–H and O–H groups in total. The van der Waals surface area contributed by atoms with E-state index < -0.39 is 11.6 Å². The van der Waals surface area contributed by atoms with Crippen molar-refractivity contribution in [2.45, 2.75) is 20.3 Å². The molecule has 0 saturated heterocycles. The number of halogens is 1. The Morgan fingerprint density at radius 2 is 2.09 bits per heavy atom. The molecule has 0 spiro atoms. The highest BCUT2D eigenvalue weighted by Crippen LogP contribution is 2.32. The molecule has 0 saturated carbocycles. The predicted octanol–water partition coefficient (Wildman–Crippen LogP) is 3.43. The highest BCUT2D eigenvalue weighted by molar-refractivity contribution is 6.32. The number of esters is 1. The highest BCUT2D eigenvalue weighted by Gasteiger charge is 2.17. The van der Waals surface area contributed by atoms with Crippen LogP contribution in [0.2, 0.25) is 5.02 Å². The number of rotatable bonds is 5. The maximum Gasteiger partial charge on any atom is 0.340 e. The van der Waals surface area contributed by atoms with E-state index in [0.717, 1.165) is 5.57 Å². The Morgan fingerprint density at radius 1 is 1.39 bits per heavy atom. The van der Waals surface area contributed by atoms with Gasteiger partial charge in [0.25, 0.3) is 0 Å². The quantitative estimate of drug-likeness (QED) is 0.475. The lowest BCUT2D eigenvalue weighted by Crippen LogP contribution is -2.16. The van der Waals surface area contributed by atoms with Crippen molar-refractivity contribution in [2.24, 2.45) is 0 Å². The van der Waals surface area contributed by atoms with Gasteiger partial charge in [-0.3, -0.25) is 4.79 Å². The Labute approximate surface area is 138 Å². The molecule has 1 aromatic carbocycles. The zero-order valence-electron chi connectivity index (χ0n) is 13.2. The summed E-state index contributed by atoms with van der Waals surface area (Å²) in [6.07, 6.45) is -0.147. The maximum atomic E-state index is 12.1. The fourth-order valence-corrected chi connectivity index (χ4v) is 2.34. The number of hydrogen-bond donors (Lipinski definition) is 0. The zero-order chi connectivity index (χ0) is 17.1. The molecule has 0 bridgehead atoms. The van der Waals surface area contributed by atoms with Crippen molar-refractivity contribution in [3.05, 3.63) is 50.9 Å². The number of fused-ring (bicyclic) bond motifs is 1. The minimum Gasteiger partial charge on any atom is -0.488 e. The van der Waals surface area contributed by atoms with Crippen molar-refractivity contribution in [1.82, 2.24) is 0 Å². The van der Waals surface area contributed by atoms with Gasteiger partial charge in [0.05, 0.1) is 24.1 Å². The van der Waals surface area contributed by atoms with E-state index in [0.29, 0.717) is 33.9 Å². The van der Waals surface area contributed by atoms with Gasteiger partial charge in [-0.25, -0.2) is 4.79 Å². The van der Waals surface area contributed by atoms with E-state index in [-0.39, 0.29) is 12.0 Å². The van der Waals surface area contributed by atoms with Crippen molar-refractivity contribution in [3.63, 3.8) is 0 Å². The summed E-state index contributed by atoms with van der Waals surface area (Å²) in [4.78, 5) is 23.5. The Balaban J connectivity index is 2.54. The third-order valence-electron chi connectivity index (χ3n) is 3.36. The molecule has 0 atom stereocenters. The van der Waals surface area contributed by atoms with Crippen LogP contribution in [0.3, 0.4) is 0 Å². The van der Waals surface area contributed by atoms with Crippen LogP contribution < -0.4 is 10.4 Å². The number of methoxy groups -OCH3 is 1. The summed E-state index contributed by atoms with van der Waals surface area (Å²) in [5.74, 6) is -0.0994. The maximum absolute atomic E-state index is 12.1. The van der Waals surface area contributed by atoms with Crippen LogP contribution in [-0.4, -0.2) is 19.7 Å². The van der Waals surface area contributed by atoms with Crippen LogP contribution in [0.25, 0.3) is 11.0 Å². The minimum absolute atomic E-state index is 0.147. The molecule has 0 radical (unpaired) electrons. The van der Waals surface area contributed by atoms with E-state index in [1.807, 2.05) is 6.92 Å². The van der Waals surface area contributed by atoms with Gasteiger partial charge in [0.1, 0.15) is 17.9 Å². The van der Waals surface area contributed by atoms with Crippen LogP contribution in [-0.2, 0) is 16.0 Å². The second-order valence-corrected chi connectivity index (χ2v) is 5.68. The summed E-state index contributed by atoms with van der Waals surface area (Å²) in [5, 5.41) is 1.04. The second-order valence-electron chi connectivity index (χ2n) is 5.27. The summed E-state index contributed by atoms with van der Waals surface area (Å²) in [6.45, 7) is 7.64. The topological polar surface area (TPSA) is 65.7 Å². The molecule has 0 fully saturated rings. The summed E-state index contributed by atoms with van der Waals surface area (Å²) in [5.41, 5.74) is 1.51. The minimum atomic E-state index is -0.575. The van der Waals surface area contributed by atoms with Gasteiger partial charge in [-0.05, 0) is 31.1 Å². The molecule has 2 rings (SSSR count). The largest absolute Gasteiger partial charge is 0.488 e. The standard InChI is InChI=1S/C17H17ClO5/c1-9(2)8-22-15-7-14-11(5-13(15)18)10(3)12(17(20)23-14)6-16(19)21-4/h5,7H,1,6,8H2,2-4H3. The zero-order valence-corrected chi connectivity index (χ0v) is 14.0. The van der Waals surface area contributed by atoms with Gasteiger partial charge in [0, 0.05) is 11.5 Å². The number of carbonyl (C=O) groups excluding carboxylic acids is 1. The normalized spacial score (nSPS) is 10.6. The van der Waals surface area contributed by atoms with Crippen LogP contribution in [0.15, 0.2) is 33.5 Å². The molecule has 0 amide bonds. The average molecular weight is 337 g/mol. The van der Waals surface area contributed by atoms with Crippen LogP contribution in [0, 0.1) is 6.92 Å². The number of hydrogen-bond acceptors (Lipinski definition) is 5. The van der Waals surface area contributed by atoms with Crippen LogP contribution >= 0.6 is 11.6 Å². The lowest BCUT2D eigenvalue weighted by atomic mass is 10.0. The molecular weight excluding hydrogens is 320 g/mol. The van der Waals surface area contributed by atoms with Gasteiger partial charge >= 0.3 is 11.6 Å². The summed E-state index contributed by atoms with van der Waals surface area (Å²) in [7, 11) is 1.27. The van der Waals surface area contributed by atoms with Gasteiger partial charge in [0.15, 0.2) is 0 Å². The molecule has 0 aliphatic rings. The first kappa shape index (κ1) is 17.1. The van der Waals surface area contributed by atoms with Gasteiger partial charge in [0.2, 0.25) is 0 Å². The van der Waals surface area contributed by atoms with Crippen molar-refractivity contribution >= 4 is 28.5 Å². The Kier molecular flexibility index (Phi) is 5.11. The van der Waals surface area contributed by atoms with Crippen LogP contribution in [0.5, 0.6) is 5.75 Å². The first-order valence-electron chi connectivity index (χ1n) is 6.93. The molecule has 1 heterocycles. The molecule has 2 aromatic rings.